The molecule has 0 unspecified atom stereocenters. The lowest BCUT2D eigenvalue weighted by Crippen LogP contribution is -2.51. The van der Waals surface area contributed by atoms with Gasteiger partial charge in [0.2, 0.25) is 5.91 Å². The summed E-state index contributed by atoms with van der Waals surface area (Å²) in [6.45, 7) is 8.54. The van der Waals surface area contributed by atoms with Crippen LogP contribution >= 0.6 is 0 Å². The summed E-state index contributed by atoms with van der Waals surface area (Å²) in [5.41, 5.74) is 1.22. The monoisotopic (exact) mass is 348 g/mol. The van der Waals surface area contributed by atoms with Gasteiger partial charge in [-0.05, 0) is 26.7 Å². The van der Waals surface area contributed by atoms with E-state index in [4.69, 9.17) is 4.52 Å². The quantitative estimate of drug-likeness (QED) is 0.827. The molecule has 1 aromatic heterocycles. The summed E-state index contributed by atoms with van der Waals surface area (Å²) in [7, 11) is 0. The Hall–Kier alpha value is -1.89. The highest BCUT2D eigenvalue weighted by Gasteiger charge is 2.28. The number of rotatable bonds is 3. The zero-order chi connectivity index (χ0) is 17.8. The van der Waals surface area contributed by atoms with Crippen LogP contribution in [-0.2, 0) is 4.79 Å². The van der Waals surface area contributed by atoms with Crippen LogP contribution in [0.15, 0.2) is 4.52 Å². The van der Waals surface area contributed by atoms with E-state index in [9.17, 15) is 9.59 Å². The molecule has 25 heavy (non-hydrogen) atoms. The highest BCUT2D eigenvalue weighted by molar-refractivity contribution is 5.96. The van der Waals surface area contributed by atoms with Gasteiger partial charge in [-0.1, -0.05) is 18.0 Å². The van der Waals surface area contributed by atoms with E-state index in [-0.39, 0.29) is 11.8 Å². The molecule has 2 amide bonds. The van der Waals surface area contributed by atoms with Gasteiger partial charge >= 0.3 is 0 Å². The molecule has 0 atom stereocenters. The number of carbonyl (C=O) groups is 2. The van der Waals surface area contributed by atoms with E-state index < -0.39 is 0 Å². The molecule has 0 bridgehead atoms. The molecule has 3 rings (SSSR count). The molecular weight excluding hydrogens is 320 g/mol. The topological polar surface area (TPSA) is 69.9 Å². The van der Waals surface area contributed by atoms with Crippen molar-refractivity contribution in [3.8, 4) is 0 Å². The van der Waals surface area contributed by atoms with Crippen molar-refractivity contribution in [2.45, 2.75) is 39.5 Å². The van der Waals surface area contributed by atoms with E-state index in [1.54, 1.807) is 13.8 Å². The first-order valence-electron chi connectivity index (χ1n) is 9.28. The van der Waals surface area contributed by atoms with Gasteiger partial charge in [0.15, 0.2) is 0 Å². The van der Waals surface area contributed by atoms with Crippen LogP contribution in [0.5, 0.6) is 0 Å². The van der Waals surface area contributed by atoms with Gasteiger partial charge in [0, 0.05) is 39.3 Å². The van der Waals surface area contributed by atoms with E-state index >= 15 is 0 Å². The minimum atomic E-state index is -0.0188. The molecular formula is C18H28N4O3. The Bertz CT molecular complexity index is 592. The molecule has 0 aromatic carbocycles. The van der Waals surface area contributed by atoms with Crippen molar-refractivity contribution in [2.75, 3.05) is 45.8 Å². The number of piperazine rings is 1. The Morgan fingerprint density at radius 2 is 1.56 bits per heavy atom. The number of carbonyl (C=O) groups excluding carboxylic acids is 2. The summed E-state index contributed by atoms with van der Waals surface area (Å²) in [6.07, 6.45) is 4.69. The van der Waals surface area contributed by atoms with E-state index in [0.717, 1.165) is 39.0 Å². The second-order valence-electron chi connectivity index (χ2n) is 7.06. The first-order valence-corrected chi connectivity index (χ1v) is 9.28. The lowest BCUT2D eigenvalue weighted by molar-refractivity contribution is -0.132. The predicted molar refractivity (Wildman–Crippen MR) is 93.4 cm³/mol. The maximum Gasteiger partial charge on any atom is 0.259 e. The van der Waals surface area contributed by atoms with Crippen molar-refractivity contribution >= 4 is 11.8 Å². The Kier molecular flexibility index (Phi) is 5.73. The first kappa shape index (κ1) is 17.9. The predicted octanol–water partition coefficient (Wildman–Crippen LogP) is 1.45. The number of hydrogen-bond acceptors (Lipinski definition) is 5. The van der Waals surface area contributed by atoms with Crippen molar-refractivity contribution < 1.29 is 14.1 Å². The summed E-state index contributed by atoms with van der Waals surface area (Å²) in [6, 6.07) is 0. The molecule has 7 nitrogen and oxygen atoms in total. The molecule has 1 aromatic rings. The van der Waals surface area contributed by atoms with E-state index in [0.29, 0.717) is 36.7 Å². The molecule has 0 saturated carbocycles. The van der Waals surface area contributed by atoms with Gasteiger partial charge in [0.25, 0.3) is 5.91 Å². The molecule has 7 heteroatoms. The van der Waals surface area contributed by atoms with Crippen LogP contribution in [0, 0.1) is 13.8 Å². The number of hydrogen-bond donors (Lipinski definition) is 0. The summed E-state index contributed by atoms with van der Waals surface area (Å²) in [5.74, 6) is 0.781. The number of amides is 2. The average molecular weight is 348 g/mol. The maximum absolute atomic E-state index is 12.6. The van der Waals surface area contributed by atoms with Crippen molar-refractivity contribution in [1.29, 1.82) is 0 Å². The van der Waals surface area contributed by atoms with Crippen molar-refractivity contribution in [2.24, 2.45) is 0 Å². The van der Waals surface area contributed by atoms with Crippen molar-refractivity contribution in [3.05, 3.63) is 17.0 Å². The van der Waals surface area contributed by atoms with Gasteiger partial charge in [-0.2, -0.15) is 0 Å². The van der Waals surface area contributed by atoms with E-state index in [1.165, 1.54) is 12.8 Å². The molecule has 0 radical (unpaired) electrons. The van der Waals surface area contributed by atoms with Gasteiger partial charge < -0.3 is 14.3 Å². The minimum Gasteiger partial charge on any atom is -0.361 e. The van der Waals surface area contributed by atoms with Gasteiger partial charge in [-0.3, -0.25) is 14.5 Å². The fourth-order valence-corrected chi connectivity index (χ4v) is 3.67. The van der Waals surface area contributed by atoms with Crippen LogP contribution in [0.1, 0.15) is 47.5 Å². The lowest BCUT2D eigenvalue weighted by Gasteiger charge is -2.35. The molecule has 2 aliphatic heterocycles. The number of aromatic nitrogens is 1. The fourth-order valence-electron chi connectivity index (χ4n) is 3.67. The molecule has 2 fully saturated rings. The molecule has 0 spiro atoms. The van der Waals surface area contributed by atoms with Gasteiger partial charge in [0.05, 0.1) is 12.2 Å². The number of aryl methyl sites for hydroxylation is 2. The summed E-state index contributed by atoms with van der Waals surface area (Å²) in [5, 5.41) is 3.86. The molecule has 3 heterocycles. The average Bonchev–Trinajstić information content (AvgIpc) is 2.82. The van der Waals surface area contributed by atoms with Crippen molar-refractivity contribution in [1.82, 2.24) is 19.9 Å². The van der Waals surface area contributed by atoms with Gasteiger partial charge in [0.1, 0.15) is 11.3 Å². The van der Waals surface area contributed by atoms with Gasteiger partial charge in [-0.25, -0.2) is 0 Å². The van der Waals surface area contributed by atoms with Crippen LogP contribution in [0.4, 0.5) is 0 Å². The van der Waals surface area contributed by atoms with Crippen LogP contribution in [0.2, 0.25) is 0 Å². The highest BCUT2D eigenvalue weighted by Crippen LogP contribution is 2.17. The van der Waals surface area contributed by atoms with Crippen LogP contribution in [-0.4, -0.2) is 77.5 Å². The lowest BCUT2D eigenvalue weighted by atomic mass is 10.1. The first-order chi connectivity index (χ1) is 12.1. The third-order valence-corrected chi connectivity index (χ3v) is 5.22. The largest absolute Gasteiger partial charge is 0.361 e. The molecule has 0 N–H and O–H groups in total. The zero-order valence-electron chi connectivity index (χ0n) is 15.3. The van der Waals surface area contributed by atoms with E-state index in [2.05, 4.69) is 10.1 Å². The number of likely N-dealkylation sites (tertiary alicyclic amines) is 1. The Morgan fingerprint density at radius 1 is 0.920 bits per heavy atom. The van der Waals surface area contributed by atoms with Crippen LogP contribution in [0.25, 0.3) is 0 Å². The molecule has 138 valence electrons. The minimum absolute atomic E-state index is 0.0188. The smallest absolute Gasteiger partial charge is 0.259 e. The van der Waals surface area contributed by atoms with Crippen LogP contribution in [0.3, 0.4) is 0 Å². The molecule has 2 aliphatic rings. The zero-order valence-corrected chi connectivity index (χ0v) is 15.3. The van der Waals surface area contributed by atoms with Crippen molar-refractivity contribution in [3.63, 3.8) is 0 Å². The normalized spacial score (nSPS) is 19.8. The fraction of sp³-hybridized carbons (Fsp3) is 0.722. The molecule has 2 saturated heterocycles. The third kappa shape index (κ3) is 4.21. The SMILES string of the molecule is Cc1noc(C)c1C(=O)N1CCN(CC(=O)N2CCCCCC2)CC1. The Morgan fingerprint density at radius 3 is 2.12 bits per heavy atom. The van der Waals surface area contributed by atoms with Gasteiger partial charge in [-0.15, -0.1) is 0 Å². The Labute approximate surface area is 148 Å². The highest BCUT2D eigenvalue weighted by atomic mass is 16.5. The third-order valence-electron chi connectivity index (χ3n) is 5.22. The second kappa shape index (κ2) is 7.99. The number of nitrogens with zero attached hydrogens (tertiary/aromatic N) is 4. The van der Waals surface area contributed by atoms with E-state index in [1.807, 2.05) is 9.80 Å². The summed E-state index contributed by atoms with van der Waals surface area (Å²) < 4.78 is 5.10. The molecule has 0 aliphatic carbocycles. The maximum atomic E-state index is 12.6. The Balaban J connectivity index is 1.50. The standard InChI is InChI=1S/C18H28N4O3/c1-14-17(15(2)25-19-14)18(24)22-11-9-20(10-12-22)13-16(23)21-7-5-3-4-6-8-21/h3-13H2,1-2H3. The summed E-state index contributed by atoms with van der Waals surface area (Å²) in [4.78, 5) is 31.1. The van der Waals surface area contributed by atoms with Crippen LogP contribution < -0.4 is 0 Å². The summed E-state index contributed by atoms with van der Waals surface area (Å²) >= 11 is 0. The second-order valence-corrected chi connectivity index (χ2v) is 7.06.